The van der Waals surface area contributed by atoms with Crippen molar-refractivity contribution in [3.63, 3.8) is 0 Å². The fourth-order valence-electron chi connectivity index (χ4n) is 1.20. The quantitative estimate of drug-likeness (QED) is 0.241. The van der Waals surface area contributed by atoms with Crippen LogP contribution in [0.2, 0.25) is 0 Å². The molecule has 0 aromatic carbocycles. The molecule has 1 amide bonds. The van der Waals surface area contributed by atoms with Gasteiger partial charge in [0, 0.05) is 19.6 Å². The lowest BCUT2D eigenvalue weighted by Crippen LogP contribution is -2.29. The molecule has 0 atom stereocenters. The molecule has 0 aliphatic rings. The smallest absolute Gasteiger partial charge is 0.233 e. The van der Waals surface area contributed by atoms with Gasteiger partial charge in [-0.25, -0.2) is 5.84 Å². The Morgan fingerprint density at radius 1 is 1.06 bits per heavy atom. The van der Waals surface area contributed by atoms with E-state index in [1.807, 2.05) is 0 Å². The van der Waals surface area contributed by atoms with E-state index in [1.54, 1.807) is 0 Å². The summed E-state index contributed by atoms with van der Waals surface area (Å²) < 4.78 is 10.6. The van der Waals surface area contributed by atoms with Crippen LogP contribution in [0.25, 0.3) is 0 Å². The molecule has 0 saturated heterocycles. The summed E-state index contributed by atoms with van der Waals surface area (Å²) in [4.78, 5) is 10.8. The normalized spacial score (nSPS) is 10.4. The second-order valence-corrected chi connectivity index (χ2v) is 3.60. The number of ether oxygens (including phenoxy) is 2. The van der Waals surface area contributed by atoms with Crippen LogP contribution >= 0.6 is 0 Å². The van der Waals surface area contributed by atoms with Gasteiger partial charge in [-0.2, -0.15) is 0 Å². The van der Waals surface area contributed by atoms with Crippen molar-refractivity contribution in [1.82, 2.24) is 5.43 Å². The van der Waals surface area contributed by atoms with E-state index in [1.165, 1.54) is 0 Å². The lowest BCUT2D eigenvalue weighted by atomic mass is 10.2. The lowest BCUT2D eigenvalue weighted by Gasteiger charge is -2.04. The summed E-state index contributed by atoms with van der Waals surface area (Å²) in [5.74, 6) is 4.85. The van der Waals surface area contributed by atoms with E-state index in [2.05, 4.69) is 12.3 Å². The van der Waals surface area contributed by atoms with Crippen molar-refractivity contribution in [2.75, 3.05) is 26.4 Å². The summed E-state index contributed by atoms with van der Waals surface area (Å²) in [6, 6.07) is 0. The Morgan fingerprint density at radius 2 is 1.75 bits per heavy atom. The molecule has 0 aliphatic heterocycles. The molecule has 0 bridgehead atoms. The molecular formula is C11H24N2O3. The van der Waals surface area contributed by atoms with Crippen LogP contribution in [0.4, 0.5) is 0 Å². The van der Waals surface area contributed by atoms with E-state index in [0.29, 0.717) is 19.6 Å². The molecule has 5 nitrogen and oxygen atoms in total. The first-order chi connectivity index (χ1) is 7.81. The van der Waals surface area contributed by atoms with Crippen molar-refractivity contribution in [2.24, 2.45) is 5.84 Å². The van der Waals surface area contributed by atoms with Crippen molar-refractivity contribution in [2.45, 2.75) is 39.0 Å². The van der Waals surface area contributed by atoms with Gasteiger partial charge in [0.25, 0.3) is 0 Å². The number of amides is 1. The summed E-state index contributed by atoms with van der Waals surface area (Å²) in [5, 5.41) is 0. The summed E-state index contributed by atoms with van der Waals surface area (Å²) in [6.07, 6.45) is 4.37. The number of rotatable bonds is 11. The zero-order valence-corrected chi connectivity index (χ0v) is 10.2. The van der Waals surface area contributed by atoms with Gasteiger partial charge >= 0.3 is 0 Å². The van der Waals surface area contributed by atoms with Crippen LogP contribution in [0.1, 0.15) is 39.0 Å². The number of hydrogen-bond donors (Lipinski definition) is 2. The van der Waals surface area contributed by atoms with Crippen LogP contribution < -0.4 is 11.3 Å². The molecule has 0 heterocycles. The highest BCUT2D eigenvalue weighted by Crippen LogP contribution is 1.99. The molecule has 3 N–H and O–H groups in total. The number of hydrazine groups is 1. The largest absolute Gasteiger partial charge is 0.379 e. The van der Waals surface area contributed by atoms with E-state index >= 15 is 0 Å². The molecule has 5 heteroatoms. The molecule has 0 radical (unpaired) electrons. The predicted molar refractivity (Wildman–Crippen MR) is 62.7 cm³/mol. The maximum atomic E-state index is 10.8. The zero-order valence-electron chi connectivity index (χ0n) is 10.2. The highest BCUT2D eigenvalue weighted by Gasteiger charge is 1.97. The minimum atomic E-state index is -0.103. The fourth-order valence-corrected chi connectivity index (χ4v) is 1.20. The van der Waals surface area contributed by atoms with Crippen molar-refractivity contribution in [3.05, 3.63) is 0 Å². The first kappa shape index (κ1) is 15.3. The van der Waals surface area contributed by atoms with Gasteiger partial charge in [-0.05, 0) is 19.3 Å². The maximum absolute atomic E-state index is 10.8. The minimum Gasteiger partial charge on any atom is -0.379 e. The van der Waals surface area contributed by atoms with E-state index in [-0.39, 0.29) is 5.91 Å². The number of nitrogens with two attached hydrogens (primary N) is 1. The van der Waals surface area contributed by atoms with Gasteiger partial charge in [0.2, 0.25) is 5.91 Å². The maximum Gasteiger partial charge on any atom is 0.233 e. The lowest BCUT2D eigenvalue weighted by molar-refractivity contribution is -0.121. The van der Waals surface area contributed by atoms with E-state index < -0.39 is 0 Å². The van der Waals surface area contributed by atoms with Crippen molar-refractivity contribution in [1.29, 1.82) is 0 Å². The molecule has 0 aromatic heterocycles. The van der Waals surface area contributed by atoms with Gasteiger partial charge in [-0.15, -0.1) is 0 Å². The Hall–Kier alpha value is -0.650. The molecule has 0 rings (SSSR count). The summed E-state index contributed by atoms with van der Waals surface area (Å²) >= 11 is 0. The monoisotopic (exact) mass is 232 g/mol. The van der Waals surface area contributed by atoms with Crippen LogP contribution in [0.15, 0.2) is 0 Å². The number of carbonyl (C=O) groups is 1. The molecule has 0 fully saturated rings. The molecular weight excluding hydrogens is 208 g/mol. The second kappa shape index (κ2) is 12.4. The predicted octanol–water partition coefficient (Wildman–Crippen LogP) is 0.980. The van der Waals surface area contributed by atoms with Crippen molar-refractivity contribution >= 4 is 5.91 Å². The minimum absolute atomic E-state index is 0.103. The summed E-state index contributed by atoms with van der Waals surface area (Å²) in [5.41, 5.74) is 2.11. The highest BCUT2D eigenvalue weighted by molar-refractivity contribution is 5.74. The Bertz CT molecular complexity index is 165. The van der Waals surface area contributed by atoms with Crippen LogP contribution in [0.5, 0.6) is 0 Å². The first-order valence-corrected chi connectivity index (χ1v) is 5.96. The average Bonchev–Trinajstić information content (AvgIpc) is 2.31. The standard InChI is InChI=1S/C11H24N2O3/c1-2-7-15-9-10-16-8-5-3-4-6-11(14)13-12/h2-10,12H2,1H3,(H,13,14). The number of hydrogen-bond acceptors (Lipinski definition) is 4. The number of unbranched alkanes of at least 4 members (excludes halogenated alkanes) is 2. The van der Waals surface area contributed by atoms with Crippen LogP contribution in [0, 0.1) is 0 Å². The summed E-state index contributed by atoms with van der Waals surface area (Å²) in [6.45, 7) is 4.95. The van der Waals surface area contributed by atoms with Crippen molar-refractivity contribution < 1.29 is 14.3 Å². The Balaban J connectivity index is 2.96. The third-order valence-electron chi connectivity index (χ3n) is 2.07. The molecule has 0 aromatic rings. The first-order valence-electron chi connectivity index (χ1n) is 5.96. The molecule has 0 aliphatic carbocycles. The van der Waals surface area contributed by atoms with Crippen LogP contribution in [-0.4, -0.2) is 32.3 Å². The van der Waals surface area contributed by atoms with Crippen LogP contribution in [-0.2, 0) is 14.3 Å². The van der Waals surface area contributed by atoms with Crippen LogP contribution in [0.3, 0.4) is 0 Å². The highest BCUT2D eigenvalue weighted by atomic mass is 16.5. The van der Waals surface area contributed by atoms with Gasteiger partial charge < -0.3 is 9.47 Å². The van der Waals surface area contributed by atoms with Gasteiger partial charge in [0.15, 0.2) is 0 Å². The van der Waals surface area contributed by atoms with E-state index in [4.69, 9.17) is 15.3 Å². The Morgan fingerprint density at radius 3 is 2.38 bits per heavy atom. The third-order valence-corrected chi connectivity index (χ3v) is 2.07. The molecule has 0 unspecified atom stereocenters. The summed E-state index contributed by atoms with van der Waals surface area (Å²) in [7, 11) is 0. The Kier molecular flexibility index (Phi) is 11.9. The zero-order chi connectivity index (χ0) is 12.1. The number of nitrogens with one attached hydrogen (secondary N) is 1. The second-order valence-electron chi connectivity index (χ2n) is 3.60. The SMILES string of the molecule is CCCOCCOCCCCCC(=O)NN. The third kappa shape index (κ3) is 11.4. The van der Waals surface area contributed by atoms with E-state index in [0.717, 1.165) is 38.9 Å². The number of carbonyl (C=O) groups excluding carboxylic acids is 1. The van der Waals surface area contributed by atoms with Gasteiger partial charge in [-0.1, -0.05) is 13.3 Å². The average molecular weight is 232 g/mol. The molecule has 96 valence electrons. The van der Waals surface area contributed by atoms with Gasteiger partial charge in [-0.3, -0.25) is 10.2 Å². The van der Waals surface area contributed by atoms with Gasteiger partial charge in [0.05, 0.1) is 13.2 Å². The molecule has 0 saturated carbocycles. The fraction of sp³-hybridized carbons (Fsp3) is 0.909. The topological polar surface area (TPSA) is 73.6 Å². The van der Waals surface area contributed by atoms with Gasteiger partial charge in [0.1, 0.15) is 0 Å². The van der Waals surface area contributed by atoms with Crippen molar-refractivity contribution in [3.8, 4) is 0 Å². The van der Waals surface area contributed by atoms with E-state index in [9.17, 15) is 4.79 Å². The Labute approximate surface area is 97.6 Å². The molecule has 16 heavy (non-hydrogen) atoms. The molecule has 0 spiro atoms.